The van der Waals surface area contributed by atoms with E-state index in [1.54, 1.807) is 0 Å². The minimum Gasteiger partial charge on any atom is -0.482 e. The van der Waals surface area contributed by atoms with Crippen molar-refractivity contribution >= 4 is 25.6 Å². The Morgan fingerprint density at radius 3 is 2.47 bits per heavy atom. The Kier molecular flexibility index (Phi) is 3.95. The standard InChI is InChI=1S/C11H22O2SSi/c1-11(2,3)15(4,5)12-8-9-6-7-10(14)13-9/h9H,6-8H2,1-5H3. The molecule has 0 aromatic heterocycles. The first-order valence-electron chi connectivity index (χ1n) is 5.56. The van der Waals surface area contributed by atoms with Crippen LogP contribution in [-0.2, 0) is 9.16 Å². The van der Waals surface area contributed by atoms with Gasteiger partial charge in [-0.1, -0.05) is 20.8 Å². The predicted octanol–water partition coefficient (Wildman–Crippen LogP) is 3.51. The van der Waals surface area contributed by atoms with Gasteiger partial charge in [0.25, 0.3) is 0 Å². The summed E-state index contributed by atoms with van der Waals surface area (Å²) in [4.78, 5) is 0. The molecule has 0 aromatic carbocycles. The van der Waals surface area contributed by atoms with Gasteiger partial charge in [-0.15, -0.1) is 0 Å². The summed E-state index contributed by atoms with van der Waals surface area (Å²) in [7, 11) is -1.62. The van der Waals surface area contributed by atoms with Gasteiger partial charge in [0.2, 0.25) is 0 Å². The zero-order chi connectivity index (χ0) is 11.7. The molecular formula is C11H22O2SSi. The summed E-state index contributed by atoms with van der Waals surface area (Å²) in [6.07, 6.45) is 2.14. The van der Waals surface area contributed by atoms with E-state index in [9.17, 15) is 0 Å². The van der Waals surface area contributed by atoms with E-state index in [1.165, 1.54) is 0 Å². The first kappa shape index (κ1) is 13.1. The molecule has 0 spiro atoms. The third kappa shape index (κ3) is 3.54. The molecule has 2 nitrogen and oxygen atoms in total. The molecule has 0 bridgehead atoms. The lowest BCUT2D eigenvalue weighted by Gasteiger charge is -2.36. The van der Waals surface area contributed by atoms with Gasteiger partial charge in [-0.25, -0.2) is 0 Å². The highest BCUT2D eigenvalue weighted by Gasteiger charge is 2.38. The lowest BCUT2D eigenvalue weighted by molar-refractivity contribution is 0.132. The molecule has 1 aliphatic heterocycles. The molecule has 1 fully saturated rings. The molecule has 0 aliphatic carbocycles. The molecule has 1 rings (SSSR count). The molecule has 15 heavy (non-hydrogen) atoms. The minimum absolute atomic E-state index is 0.201. The highest BCUT2D eigenvalue weighted by Crippen LogP contribution is 2.36. The van der Waals surface area contributed by atoms with Crippen molar-refractivity contribution in [2.75, 3.05) is 6.61 Å². The predicted molar refractivity (Wildman–Crippen MR) is 69.9 cm³/mol. The van der Waals surface area contributed by atoms with Gasteiger partial charge in [-0.05, 0) is 36.8 Å². The maximum atomic E-state index is 6.08. The van der Waals surface area contributed by atoms with Gasteiger partial charge < -0.3 is 9.16 Å². The smallest absolute Gasteiger partial charge is 0.192 e. The number of hydrogen-bond donors (Lipinski definition) is 0. The van der Waals surface area contributed by atoms with Crippen molar-refractivity contribution in [2.45, 2.75) is 57.8 Å². The Bertz CT molecular complexity index is 245. The molecule has 0 aromatic rings. The van der Waals surface area contributed by atoms with Crippen LogP contribution in [0.5, 0.6) is 0 Å². The number of hydrogen-bond acceptors (Lipinski definition) is 3. The highest BCUT2D eigenvalue weighted by molar-refractivity contribution is 7.80. The summed E-state index contributed by atoms with van der Waals surface area (Å²) in [5.41, 5.74) is 0. The topological polar surface area (TPSA) is 18.5 Å². The van der Waals surface area contributed by atoms with Crippen LogP contribution in [0.2, 0.25) is 18.1 Å². The molecule has 0 radical (unpaired) electrons. The summed E-state index contributed by atoms with van der Waals surface area (Å²) in [5, 5.41) is 1.02. The van der Waals surface area contributed by atoms with Crippen LogP contribution in [0.3, 0.4) is 0 Å². The van der Waals surface area contributed by atoms with E-state index in [1.807, 2.05) is 0 Å². The first-order chi connectivity index (χ1) is 6.72. The molecule has 4 heteroatoms. The van der Waals surface area contributed by atoms with E-state index in [4.69, 9.17) is 21.4 Å². The van der Waals surface area contributed by atoms with Crippen LogP contribution in [0.1, 0.15) is 33.6 Å². The van der Waals surface area contributed by atoms with Gasteiger partial charge >= 0.3 is 0 Å². The fourth-order valence-electron chi connectivity index (χ4n) is 1.22. The Morgan fingerprint density at radius 1 is 1.47 bits per heavy atom. The van der Waals surface area contributed by atoms with Crippen LogP contribution >= 0.6 is 12.2 Å². The van der Waals surface area contributed by atoms with E-state index >= 15 is 0 Å². The van der Waals surface area contributed by atoms with E-state index in [2.05, 4.69) is 33.9 Å². The molecule has 1 saturated heterocycles. The number of ether oxygens (including phenoxy) is 1. The first-order valence-corrected chi connectivity index (χ1v) is 8.87. The number of thiocarbonyl (C=S) groups is 1. The van der Waals surface area contributed by atoms with Crippen LogP contribution in [-0.4, -0.2) is 26.1 Å². The van der Waals surface area contributed by atoms with Crippen molar-refractivity contribution in [1.29, 1.82) is 0 Å². The Labute approximate surface area is 99.5 Å². The highest BCUT2D eigenvalue weighted by atomic mass is 32.1. The van der Waals surface area contributed by atoms with Crippen molar-refractivity contribution < 1.29 is 9.16 Å². The normalized spacial score (nSPS) is 23.0. The fourth-order valence-corrected chi connectivity index (χ4v) is 2.51. The van der Waals surface area contributed by atoms with E-state index in [-0.39, 0.29) is 11.1 Å². The second kappa shape index (κ2) is 4.51. The summed E-state index contributed by atoms with van der Waals surface area (Å²) in [6.45, 7) is 12.0. The molecular weight excluding hydrogens is 224 g/mol. The van der Waals surface area contributed by atoms with Crippen LogP contribution in [0.25, 0.3) is 0 Å². The lowest BCUT2D eigenvalue weighted by Crippen LogP contribution is -2.42. The van der Waals surface area contributed by atoms with Gasteiger partial charge in [0, 0.05) is 6.42 Å². The van der Waals surface area contributed by atoms with E-state index in [0.717, 1.165) is 17.9 Å². The van der Waals surface area contributed by atoms with Crippen LogP contribution in [0.4, 0.5) is 0 Å². The van der Waals surface area contributed by atoms with Crippen LogP contribution in [0, 0.1) is 0 Å². The molecule has 1 heterocycles. The molecule has 1 atom stereocenters. The Morgan fingerprint density at radius 2 is 2.07 bits per heavy atom. The van der Waals surface area contributed by atoms with Gasteiger partial charge in [-0.3, -0.25) is 0 Å². The Balaban J connectivity index is 2.40. The molecule has 1 aliphatic rings. The van der Waals surface area contributed by atoms with Crippen molar-refractivity contribution in [3.63, 3.8) is 0 Å². The summed E-state index contributed by atoms with van der Waals surface area (Å²) in [6, 6.07) is 0. The Hall–Kier alpha value is 0.0669. The van der Waals surface area contributed by atoms with Crippen LogP contribution in [0.15, 0.2) is 0 Å². The maximum absolute atomic E-state index is 6.08. The average molecular weight is 246 g/mol. The van der Waals surface area contributed by atoms with Gasteiger partial charge in [0.15, 0.2) is 13.4 Å². The second-order valence-corrected chi connectivity index (χ2v) is 11.0. The van der Waals surface area contributed by atoms with Crippen molar-refractivity contribution in [3.05, 3.63) is 0 Å². The van der Waals surface area contributed by atoms with Crippen molar-refractivity contribution in [2.24, 2.45) is 0 Å². The van der Waals surface area contributed by atoms with E-state index in [0.29, 0.717) is 6.61 Å². The largest absolute Gasteiger partial charge is 0.482 e. The molecule has 0 N–H and O–H groups in total. The van der Waals surface area contributed by atoms with Crippen molar-refractivity contribution in [1.82, 2.24) is 0 Å². The van der Waals surface area contributed by atoms with E-state index < -0.39 is 8.32 Å². The maximum Gasteiger partial charge on any atom is 0.192 e. The fraction of sp³-hybridized carbons (Fsp3) is 0.909. The van der Waals surface area contributed by atoms with Crippen LogP contribution < -0.4 is 0 Å². The summed E-state index contributed by atoms with van der Waals surface area (Å²) < 4.78 is 11.6. The summed E-state index contributed by atoms with van der Waals surface area (Å²) in [5.74, 6) is 0. The average Bonchev–Trinajstić information content (AvgIpc) is 2.46. The zero-order valence-electron chi connectivity index (χ0n) is 10.4. The third-order valence-corrected chi connectivity index (χ3v) is 8.21. The van der Waals surface area contributed by atoms with Gasteiger partial charge in [0.05, 0.1) is 6.61 Å². The third-order valence-electron chi connectivity index (χ3n) is 3.40. The lowest BCUT2D eigenvalue weighted by atomic mass is 10.2. The van der Waals surface area contributed by atoms with Gasteiger partial charge in [-0.2, -0.15) is 0 Å². The SMILES string of the molecule is CC(C)(C)[Si](C)(C)OCC1CCC(=S)O1. The summed E-state index contributed by atoms with van der Waals surface area (Å²) >= 11 is 5.01. The zero-order valence-corrected chi connectivity index (χ0v) is 12.2. The molecule has 1 unspecified atom stereocenters. The molecule has 88 valence electrons. The monoisotopic (exact) mass is 246 g/mol. The molecule has 0 saturated carbocycles. The quantitative estimate of drug-likeness (QED) is 0.561. The second-order valence-electron chi connectivity index (χ2n) is 5.72. The van der Waals surface area contributed by atoms with Gasteiger partial charge in [0.1, 0.15) is 6.10 Å². The minimum atomic E-state index is -1.62. The van der Waals surface area contributed by atoms with Crippen molar-refractivity contribution in [3.8, 4) is 0 Å². The number of rotatable bonds is 3. The molecule has 0 amide bonds.